The number of phenols is 1. The summed E-state index contributed by atoms with van der Waals surface area (Å²) in [5, 5.41) is 11.6. The Morgan fingerprint density at radius 2 is 2.00 bits per heavy atom. The highest BCUT2D eigenvalue weighted by atomic mass is 19.1. The maximum absolute atomic E-state index is 13.0. The lowest BCUT2D eigenvalue weighted by Crippen LogP contribution is -2.11. The Hall–Kier alpha value is -1.58. The van der Waals surface area contributed by atoms with Gasteiger partial charge in [-0.25, -0.2) is 4.39 Å². The number of hydrogen-bond acceptors (Lipinski definition) is 2. The number of aromatic hydroxyl groups is 1. The van der Waals surface area contributed by atoms with Crippen molar-refractivity contribution in [3.63, 3.8) is 0 Å². The van der Waals surface area contributed by atoms with Crippen molar-refractivity contribution in [2.75, 3.05) is 5.32 Å². The summed E-state index contributed by atoms with van der Waals surface area (Å²) in [4.78, 5) is 11.5. The molecule has 0 aliphatic heterocycles. The van der Waals surface area contributed by atoms with Gasteiger partial charge in [0, 0.05) is 18.2 Å². The molecule has 1 rings (SSSR count). The smallest absolute Gasteiger partial charge is 0.224 e. The monoisotopic (exact) mass is 253 g/mol. The molecular formula is C14H20FNO2. The van der Waals surface area contributed by atoms with E-state index in [-0.39, 0.29) is 5.91 Å². The van der Waals surface area contributed by atoms with E-state index in [0.29, 0.717) is 12.1 Å². The van der Waals surface area contributed by atoms with E-state index in [4.69, 9.17) is 5.11 Å². The van der Waals surface area contributed by atoms with Crippen molar-refractivity contribution in [2.24, 2.45) is 0 Å². The fourth-order valence-corrected chi connectivity index (χ4v) is 1.70. The van der Waals surface area contributed by atoms with Crippen LogP contribution in [0.3, 0.4) is 0 Å². The van der Waals surface area contributed by atoms with Gasteiger partial charge in [0.1, 0.15) is 0 Å². The van der Waals surface area contributed by atoms with E-state index in [1.807, 2.05) is 0 Å². The van der Waals surface area contributed by atoms with Crippen LogP contribution in [0.1, 0.15) is 45.4 Å². The number of carbonyl (C=O) groups is 1. The van der Waals surface area contributed by atoms with Gasteiger partial charge in [-0.1, -0.05) is 32.6 Å². The standard InChI is InChI=1S/C14H20FNO2/c1-2-3-4-5-6-7-14(18)16-11-8-9-13(17)12(15)10-11/h8-10,17H,2-7H2,1H3,(H,16,18). The van der Waals surface area contributed by atoms with E-state index in [2.05, 4.69) is 12.2 Å². The maximum Gasteiger partial charge on any atom is 0.224 e. The molecule has 2 N–H and O–H groups in total. The Kier molecular flexibility index (Phi) is 6.19. The quantitative estimate of drug-likeness (QED) is 0.573. The van der Waals surface area contributed by atoms with E-state index in [9.17, 15) is 9.18 Å². The molecule has 1 amide bonds. The molecule has 0 fully saturated rings. The Morgan fingerprint density at radius 3 is 2.67 bits per heavy atom. The Morgan fingerprint density at radius 1 is 1.28 bits per heavy atom. The summed E-state index contributed by atoms with van der Waals surface area (Å²) in [6.07, 6.45) is 5.88. The third-order valence-electron chi connectivity index (χ3n) is 2.74. The second-order valence-corrected chi connectivity index (χ2v) is 4.38. The first kappa shape index (κ1) is 14.5. The van der Waals surface area contributed by atoms with Crippen LogP contribution >= 0.6 is 0 Å². The molecule has 1 aromatic rings. The highest BCUT2D eigenvalue weighted by molar-refractivity contribution is 5.90. The van der Waals surface area contributed by atoms with Crippen LogP contribution in [0.4, 0.5) is 10.1 Å². The third kappa shape index (κ3) is 5.17. The lowest BCUT2D eigenvalue weighted by atomic mass is 10.1. The fraction of sp³-hybridized carbons (Fsp3) is 0.500. The molecular weight excluding hydrogens is 233 g/mol. The molecule has 0 unspecified atom stereocenters. The van der Waals surface area contributed by atoms with Crippen LogP contribution in [-0.4, -0.2) is 11.0 Å². The first-order valence-electron chi connectivity index (χ1n) is 6.42. The SMILES string of the molecule is CCCCCCCC(=O)Nc1ccc(O)c(F)c1. The second-order valence-electron chi connectivity index (χ2n) is 4.38. The minimum Gasteiger partial charge on any atom is -0.505 e. The van der Waals surface area contributed by atoms with E-state index in [1.165, 1.54) is 25.0 Å². The first-order valence-corrected chi connectivity index (χ1v) is 6.42. The lowest BCUT2D eigenvalue weighted by molar-refractivity contribution is -0.116. The molecule has 0 heterocycles. The number of anilines is 1. The molecule has 0 saturated carbocycles. The minimum atomic E-state index is -0.726. The van der Waals surface area contributed by atoms with Crippen molar-refractivity contribution in [3.8, 4) is 5.75 Å². The van der Waals surface area contributed by atoms with E-state index in [0.717, 1.165) is 25.3 Å². The minimum absolute atomic E-state index is 0.114. The topological polar surface area (TPSA) is 49.3 Å². The summed E-state index contributed by atoms with van der Waals surface area (Å²) >= 11 is 0. The number of benzene rings is 1. The molecule has 0 aliphatic rings. The zero-order chi connectivity index (χ0) is 13.4. The molecule has 0 aromatic heterocycles. The maximum atomic E-state index is 13.0. The van der Waals surface area contributed by atoms with Crippen LogP contribution in [0, 0.1) is 5.82 Å². The lowest BCUT2D eigenvalue weighted by Gasteiger charge is -2.05. The van der Waals surface area contributed by atoms with E-state index in [1.54, 1.807) is 0 Å². The van der Waals surface area contributed by atoms with Crippen LogP contribution in [0.2, 0.25) is 0 Å². The van der Waals surface area contributed by atoms with Gasteiger partial charge < -0.3 is 10.4 Å². The normalized spacial score (nSPS) is 10.3. The zero-order valence-electron chi connectivity index (χ0n) is 10.7. The van der Waals surface area contributed by atoms with Crippen molar-refractivity contribution < 1.29 is 14.3 Å². The largest absolute Gasteiger partial charge is 0.505 e. The second kappa shape index (κ2) is 7.69. The van der Waals surface area contributed by atoms with Gasteiger partial charge in [-0.2, -0.15) is 0 Å². The first-order chi connectivity index (χ1) is 8.63. The van der Waals surface area contributed by atoms with Crippen LogP contribution in [0.25, 0.3) is 0 Å². The molecule has 0 atom stereocenters. The number of carbonyl (C=O) groups excluding carboxylic acids is 1. The highest BCUT2D eigenvalue weighted by Crippen LogP contribution is 2.19. The summed E-state index contributed by atoms with van der Waals surface area (Å²) in [7, 11) is 0. The third-order valence-corrected chi connectivity index (χ3v) is 2.74. The number of nitrogens with one attached hydrogen (secondary N) is 1. The average Bonchev–Trinajstić information content (AvgIpc) is 2.34. The van der Waals surface area contributed by atoms with Crippen molar-refractivity contribution in [1.82, 2.24) is 0 Å². The summed E-state index contributed by atoms with van der Waals surface area (Å²) in [6.45, 7) is 2.14. The van der Waals surface area contributed by atoms with Gasteiger partial charge in [-0.05, 0) is 18.6 Å². The van der Waals surface area contributed by atoms with Gasteiger partial charge in [0.25, 0.3) is 0 Å². The number of halogens is 1. The number of hydrogen-bond donors (Lipinski definition) is 2. The number of unbranched alkanes of at least 4 members (excludes halogenated alkanes) is 4. The molecule has 1 aromatic carbocycles. The zero-order valence-corrected chi connectivity index (χ0v) is 10.7. The summed E-state index contributed by atoms with van der Waals surface area (Å²) in [5.41, 5.74) is 0.379. The number of amides is 1. The van der Waals surface area contributed by atoms with Gasteiger partial charge in [-0.3, -0.25) is 4.79 Å². The molecule has 0 bridgehead atoms. The molecule has 0 saturated heterocycles. The predicted molar refractivity (Wildman–Crippen MR) is 70.1 cm³/mol. The molecule has 0 radical (unpaired) electrons. The van der Waals surface area contributed by atoms with Gasteiger partial charge in [-0.15, -0.1) is 0 Å². The predicted octanol–water partition coefficient (Wildman–Crippen LogP) is 3.83. The van der Waals surface area contributed by atoms with Crippen LogP contribution in [0.15, 0.2) is 18.2 Å². The summed E-state index contributed by atoms with van der Waals surface area (Å²) in [5.74, 6) is -1.25. The fourth-order valence-electron chi connectivity index (χ4n) is 1.70. The molecule has 100 valence electrons. The average molecular weight is 253 g/mol. The van der Waals surface area contributed by atoms with E-state index >= 15 is 0 Å². The van der Waals surface area contributed by atoms with Gasteiger partial charge in [0.05, 0.1) is 0 Å². The van der Waals surface area contributed by atoms with Gasteiger partial charge >= 0.3 is 0 Å². The summed E-state index contributed by atoms with van der Waals surface area (Å²) in [6, 6.07) is 3.82. The van der Waals surface area contributed by atoms with Crippen molar-refractivity contribution >= 4 is 11.6 Å². The number of phenolic OH excluding ortho intramolecular Hbond substituents is 1. The molecule has 0 aliphatic carbocycles. The highest BCUT2D eigenvalue weighted by Gasteiger charge is 2.05. The van der Waals surface area contributed by atoms with Crippen molar-refractivity contribution in [3.05, 3.63) is 24.0 Å². The Bertz CT molecular complexity index is 393. The Balaban J connectivity index is 2.29. The molecule has 18 heavy (non-hydrogen) atoms. The van der Waals surface area contributed by atoms with Crippen molar-refractivity contribution in [1.29, 1.82) is 0 Å². The van der Waals surface area contributed by atoms with Crippen LogP contribution in [0.5, 0.6) is 5.75 Å². The molecule has 3 nitrogen and oxygen atoms in total. The molecule has 0 spiro atoms. The van der Waals surface area contributed by atoms with Gasteiger partial charge in [0.15, 0.2) is 11.6 Å². The number of rotatable bonds is 7. The van der Waals surface area contributed by atoms with Crippen LogP contribution < -0.4 is 5.32 Å². The molecule has 4 heteroatoms. The summed E-state index contributed by atoms with van der Waals surface area (Å²) < 4.78 is 13.0. The van der Waals surface area contributed by atoms with Crippen molar-refractivity contribution in [2.45, 2.75) is 45.4 Å². The Labute approximate surface area is 107 Å². The van der Waals surface area contributed by atoms with E-state index < -0.39 is 11.6 Å². The van der Waals surface area contributed by atoms with Gasteiger partial charge in [0.2, 0.25) is 5.91 Å². The van der Waals surface area contributed by atoms with Crippen LogP contribution in [-0.2, 0) is 4.79 Å².